The molecule has 138 valence electrons. The zero-order valence-electron chi connectivity index (χ0n) is 13.7. The minimum atomic E-state index is -2.61. The first kappa shape index (κ1) is 20.8. The van der Waals surface area contributed by atoms with E-state index in [2.05, 4.69) is 0 Å². The topological polar surface area (TPSA) is 110 Å². The third kappa shape index (κ3) is 10.5. The summed E-state index contributed by atoms with van der Waals surface area (Å²) >= 11 is -2.61. The highest BCUT2D eigenvalue weighted by atomic mass is 32.2. The molecule has 0 atom stereocenters. The van der Waals surface area contributed by atoms with Crippen LogP contribution in [0, 0.1) is 0 Å². The summed E-state index contributed by atoms with van der Waals surface area (Å²) in [5.74, 6) is -0.866. The minimum Gasteiger partial charge on any atom is -0.459 e. The Bertz CT molecular complexity index is 400. The van der Waals surface area contributed by atoms with E-state index in [0.29, 0.717) is 0 Å². The number of hydrogen-bond acceptors (Lipinski definition) is 5. The molecule has 8 heteroatoms. The second-order valence-corrected chi connectivity index (χ2v) is 6.42. The Balaban J connectivity index is 0.000000648. The van der Waals surface area contributed by atoms with Gasteiger partial charge < -0.3 is 9.47 Å². The first-order valence-corrected chi connectivity index (χ1v) is 9.43. The largest absolute Gasteiger partial charge is 0.459 e. The van der Waals surface area contributed by atoms with Crippen LogP contribution in [0.1, 0.15) is 64.2 Å². The van der Waals surface area contributed by atoms with Crippen molar-refractivity contribution in [2.75, 3.05) is 0 Å². The molecule has 0 radical (unpaired) electrons. The fourth-order valence-electron chi connectivity index (χ4n) is 2.91. The summed E-state index contributed by atoms with van der Waals surface area (Å²) in [6.07, 6.45) is 13.1. The Kier molecular flexibility index (Phi) is 10.5. The van der Waals surface area contributed by atoms with Crippen molar-refractivity contribution in [3.8, 4) is 0 Å². The van der Waals surface area contributed by atoms with Crippen LogP contribution in [0.15, 0.2) is 12.2 Å². The molecule has 2 fully saturated rings. The molecule has 2 aliphatic carbocycles. The molecule has 0 aromatic rings. The fourth-order valence-corrected chi connectivity index (χ4v) is 2.91. The predicted octanol–water partition coefficient (Wildman–Crippen LogP) is 2.98. The molecule has 0 aromatic carbocycles. The molecular weight excluding hydrogens is 336 g/mol. The first-order valence-electron chi connectivity index (χ1n) is 8.36. The molecule has 0 saturated heterocycles. The monoisotopic (exact) mass is 362 g/mol. The van der Waals surface area contributed by atoms with Gasteiger partial charge in [0.25, 0.3) is 11.4 Å². The van der Waals surface area contributed by atoms with Gasteiger partial charge in [-0.25, -0.2) is 9.59 Å². The van der Waals surface area contributed by atoms with Gasteiger partial charge in [0.15, 0.2) is 0 Å². The zero-order chi connectivity index (χ0) is 17.8. The maximum Gasteiger partial charge on any atom is 0.331 e. The molecule has 0 aliphatic heterocycles. The van der Waals surface area contributed by atoms with Crippen LogP contribution in [0.5, 0.6) is 0 Å². The fraction of sp³-hybridized carbons (Fsp3) is 0.750. The van der Waals surface area contributed by atoms with Crippen LogP contribution in [0.3, 0.4) is 0 Å². The Labute approximate surface area is 144 Å². The third-order valence-corrected chi connectivity index (χ3v) is 4.03. The summed E-state index contributed by atoms with van der Waals surface area (Å²) in [5, 5.41) is 0. The second-order valence-electron chi connectivity index (χ2n) is 5.96. The molecule has 7 nitrogen and oxygen atoms in total. The quantitative estimate of drug-likeness (QED) is 0.449. The second kappa shape index (κ2) is 12.2. The smallest absolute Gasteiger partial charge is 0.331 e. The molecule has 2 N–H and O–H groups in total. The first-order chi connectivity index (χ1) is 11.5. The molecule has 0 amide bonds. The van der Waals surface area contributed by atoms with Gasteiger partial charge >= 0.3 is 11.9 Å². The van der Waals surface area contributed by atoms with Gasteiger partial charge in [0.05, 0.1) is 0 Å². The highest BCUT2D eigenvalue weighted by Crippen LogP contribution is 2.21. The highest BCUT2D eigenvalue weighted by molar-refractivity contribution is 7.73. The number of esters is 2. The van der Waals surface area contributed by atoms with Crippen molar-refractivity contribution < 1.29 is 32.4 Å². The van der Waals surface area contributed by atoms with Crippen molar-refractivity contribution >= 4 is 23.3 Å². The van der Waals surface area contributed by atoms with E-state index in [4.69, 9.17) is 22.8 Å². The van der Waals surface area contributed by atoms with Crippen molar-refractivity contribution in [2.24, 2.45) is 0 Å². The number of rotatable bonds is 4. The molecule has 24 heavy (non-hydrogen) atoms. The molecule has 2 rings (SSSR count). The van der Waals surface area contributed by atoms with Gasteiger partial charge in [0.1, 0.15) is 12.2 Å². The highest BCUT2D eigenvalue weighted by Gasteiger charge is 2.18. The lowest BCUT2D eigenvalue weighted by Gasteiger charge is -2.21. The van der Waals surface area contributed by atoms with Crippen molar-refractivity contribution in [1.82, 2.24) is 0 Å². The SMILES string of the molecule is O=C(/C=C\C(=O)OC1CCCCC1)OC1CCCCC1.O=S(O)O. The Morgan fingerprint density at radius 2 is 1.04 bits per heavy atom. The van der Waals surface area contributed by atoms with Gasteiger partial charge in [-0.3, -0.25) is 9.11 Å². The van der Waals surface area contributed by atoms with Crippen LogP contribution in [0.25, 0.3) is 0 Å². The standard InChI is InChI=1S/C16H24O4.H2O3S/c17-15(19-13-7-3-1-4-8-13)11-12-16(18)20-14-9-5-2-6-10-14;1-4(2)3/h11-14H,1-10H2;(H2,1,2,3)/b12-11-;. The molecule has 0 bridgehead atoms. The van der Waals surface area contributed by atoms with Gasteiger partial charge in [-0.05, 0) is 51.4 Å². The average molecular weight is 362 g/mol. The van der Waals surface area contributed by atoms with Gasteiger partial charge in [-0.1, -0.05) is 12.8 Å². The van der Waals surface area contributed by atoms with E-state index in [1.165, 1.54) is 25.0 Å². The summed E-state index contributed by atoms with van der Waals surface area (Å²) in [6, 6.07) is 0. The summed E-state index contributed by atoms with van der Waals surface area (Å²) < 4.78 is 33.4. The molecule has 0 heterocycles. The molecule has 2 saturated carbocycles. The molecular formula is C16H26O7S. The number of carbonyl (C=O) groups is 2. The Morgan fingerprint density at radius 1 is 0.750 bits per heavy atom. The minimum absolute atomic E-state index is 0.0234. The summed E-state index contributed by atoms with van der Waals surface area (Å²) in [6.45, 7) is 0. The van der Waals surface area contributed by atoms with Gasteiger partial charge in [0, 0.05) is 12.2 Å². The number of hydrogen-bond donors (Lipinski definition) is 2. The van der Waals surface area contributed by atoms with Crippen LogP contribution in [-0.2, 0) is 30.4 Å². The van der Waals surface area contributed by atoms with Crippen LogP contribution in [0.4, 0.5) is 0 Å². The van der Waals surface area contributed by atoms with Gasteiger partial charge in [-0.15, -0.1) is 0 Å². The van der Waals surface area contributed by atoms with Crippen LogP contribution in [0.2, 0.25) is 0 Å². The van der Waals surface area contributed by atoms with E-state index in [-0.39, 0.29) is 12.2 Å². The molecule has 0 spiro atoms. The van der Waals surface area contributed by atoms with E-state index in [0.717, 1.165) is 51.4 Å². The van der Waals surface area contributed by atoms with Crippen LogP contribution < -0.4 is 0 Å². The predicted molar refractivity (Wildman–Crippen MR) is 88.5 cm³/mol. The van der Waals surface area contributed by atoms with E-state index in [9.17, 15) is 9.59 Å². The van der Waals surface area contributed by atoms with Crippen molar-refractivity contribution in [3.63, 3.8) is 0 Å². The van der Waals surface area contributed by atoms with Gasteiger partial charge in [-0.2, -0.15) is 4.21 Å². The molecule has 0 unspecified atom stereocenters. The molecule has 0 aromatic heterocycles. The number of carbonyl (C=O) groups excluding carboxylic acids is 2. The lowest BCUT2D eigenvalue weighted by molar-refractivity contribution is -0.147. The van der Waals surface area contributed by atoms with Crippen molar-refractivity contribution in [1.29, 1.82) is 0 Å². The lowest BCUT2D eigenvalue weighted by atomic mass is 9.98. The maximum atomic E-state index is 11.6. The Hall–Kier alpha value is -1.25. The van der Waals surface area contributed by atoms with Crippen LogP contribution in [-0.4, -0.2) is 37.5 Å². The Morgan fingerprint density at radius 3 is 1.33 bits per heavy atom. The van der Waals surface area contributed by atoms with Crippen molar-refractivity contribution in [2.45, 2.75) is 76.4 Å². The number of ether oxygens (including phenoxy) is 2. The summed E-state index contributed by atoms with van der Waals surface area (Å²) in [7, 11) is 0. The lowest BCUT2D eigenvalue weighted by Crippen LogP contribution is -2.21. The van der Waals surface area contributed by atoms with Crippen molar-refractivity contribution in [3.05, 3.63) is 12.2 Å². The zero-order valence-corrected chi connectivity index (χ0v) is 14.5. The normalized spacial score (nSPS) is 19.6. The van der Waals surface area contributed by atoms with E-state index < -0.39 is 23.3 Å². The third-order valence-electron chi connectivity index (χ3n) is 4.03. The van der Waals surface area contributed by atoms with E-state index >= 15 is 0 Å². The van der Waals surface area contributed by atoms with Crippen LogP contribution >= 0.6 is 0 Å². The summed E-state index contributed by atoms with van der Waals surface area (Å²) in [4.78, 5) is 23.2. The van der Waals surface area contributed by atoms with Gasteiger partial charge in [0.2, 0.25) is 0 Å². The summed E-state index contributed by atoms with van der Waals surface area (Å²) in [5.41, 5.74) is 0. The van der Waals surface area contributed by atoms with E-state index in [1.807, 2.05) is 0 Å². The van der Waals surface area contributed by atoms with E-state index in [1.54, 1.807) is 0 Å². The maximum absolute atomic E-state index is 11.6. The average Bonchev–Trinajstić information content (AvgIpc) is 2.54. The molecule has 2 aliphatic rings.